The highest BCUT2D eigenvalue weighted by Gasteiger charge is 2.00. The first-order valence-corrected chi connectivity index (χ1v) is 6.27. The number of para-hydroxylation sites is 1. The molecule has 0 fully saturated rings. The van der Waals surface area contributed by atoms with Crippen molar-refractivity contribution >= 4 is 28.6 Å². The van der Waals surface area contributed by atoms with Crippen LogP contribution in [0.3, 0.4) is 0 Å². The molecule has 5 heteroatoms. The number of nitrogens with zero attached hydrogens (tertiary/aromatic N) is 3. The first kappa shape index (κ1) is 11.9. The summed E-state index contributed by atoms with van der Waals surface area (Å²) in [4.78, 5) is 4.40. The maximum atomic E-state index is 5.84. The Balaban J connectivity index is 1.76. The van der Waals surface area contributed by atoms with Crippen molar-refractivity contribution in [1.82, 2.24) is 15.2 Å². The Kier molecular flexibility index (Phi) is 3.25. The van der Waals surface area contributed by atoms with Crippen LogP contribution < -0.4 is 5.32 Å². The van der Waals surface area contributed by atoms with E-state index in [0.717, 1.165) is 21.6 Å². The van der Waals surface area contributed by atoms with Crippen molar-refractivity contribution in [2.75, 3.05) is 5.32 Å². The van der Waals surface area contributed by atoms with Gasteiger partial charge in [0, 0.05) is 11.6 Å². The predicted molar refractivity (Wildman–Crippen MR) is 76.1 cm³/mol. The molecule has 3 aromatic rings. The number of aromatic nitrogens is 3. The Morgan fingerprint density at radius 1 is 0.895 bits per heavy atom. The lowest BCUT2D eigenvalue weighted by molar-refractivity contribution is 0.984. The molecule has 0 atom stereocenters. The molecule has 0 unspecified atom stereocenters. The molecule has 4 nitrogen and oxygen atoms in total. The van der Waals surface area contributed by atoms with Gasteiger partial charge in [0.2, 0.25) is 5.95 Å². The van der Waals surface area contributed by atoms with Gasteiger partial charge in [-0.05, 0) is 29.8 Å². The molecule has 94 valence electrons. The number of hydrogen-bond donors (Lipinski definition) is 1. The van der Waals surface area contributed by atoms with Gasteiger partial charge in [0.15, 0.2) is 0 Å². The maximum absolute atomic E-state index is 5.84. The Hall–Kier alpha value is -2.20. The summed E-state index contributed by atoms with van der Waals surface area (Å²) in [5, 5.41) is 12.0. The molecule has 1 aromatic heterocycles. The molecule has 0 bridgehead atoms. The zero-order valence-electron chi connectivity index (χ0n) is 10.0. The molecule has 0 aliphatic heterocycles. The zero-order valence-corrected chi connectivity index (χ0v) is 10.8. The van der Waals surface area contributed by atoms with Gasteiger partial charge in [-0.15, -0.1) is 10.2 Å². The number of hydrogen-bond acceptors (Lipinski definition) is 4. The lowest BCUT2D eigenvalue weighted by Gasteiger charge is -2.05. The quantitative estimate of drug-likeness (QED) is 0.793. The topological polar surface area (TPSA) is 50.7 Å². The minimum Gasteiger partial charge on any atom is -0.349 e. The van der Waals surface area contributed by atoms with E-state index < -0.39 is 0 Å². The second kappa shape index (κ2) is 5.20. The van der Waals surface area contributed by atoms with Crippen LogP contribution in [-0.2, 0) is 6.54 Å². The monoisotopic (exact) mass is 270 g/mol. The molecule has 0 spiro atoms. The van der Waals surface area contributed by atoms with Crippen molar-refractivity contribution in [2.24, 2.45) is 0 Å². The van der Waals surface area contributed by atoms with Crippen molar-refractivity contribution in [3.8, 4) is 0 Å². The van der Waals surface area contributed by atoms with E-state index in [1.54, 1.807) is 0 Å². The number of nitrogens with one attached hydrogen (secondary N) is 1. The Morgan fingerprint density at radius 3 is 2.42 bits per heavy atom. The summed E-state index contributed by atoms with van der Waals surface area (Å²) in [5.74, 6) is 0.522. The third kappa shape index (κ3) is 2.80. The van der Waals surface area contributed by atoms with Gasteiger partial charge in [0.1, 0.15) is 5.52 Å². The Morgan fingerprint density at radius 2 is 1.63 bits per heavy atom. The van der Waals surface area contributed by atoms with Crippen LogP contribution in [0.1, 0.15) is 5.56 Å². The summed E-state index contributed by atoms with van der Waals surface area (Å²) in [7, 11) is 0. The highest BCUT2D eigenvalue weighted by atomic mass is 35.5. The van der Waals surface area contributed by atoms with Gasteiger partial charge >= 0.3 is 0 Å². The van der Waals surface area contributed by atoms with Crippen LogP contribution in [0.25, 0.3) is 11.0 Å². The van der Waals surface area contributed by atoms with Crippen molar-refractivity contribution < 1.29 is 0 Å². The van der Waals surface area contributed by atoms with Gasteiger partial charge < -0.3 is 5.32 Å². The Labute approximate surface area is 115 Å². The minimum absolute atomic E-state index is 0.522. The zero-order chi connectivity index (χ0) is 13.1. The second-order valence-electron chi connectivity index (χ2n) is 4.10. The van der Waals surface area contributed by atoms with Crippen LogP contribution in [0.4, 0.5) is 5.95 Å². The lowest BCUT2D eigenvalue weighted by atomic mass is 10.2. The number of benzene rings is 2. The van der Waals surface area contributed by atoms with Gasteiger partial charge in [0.05, 0.1) is 5.52 Å². The molecule has 0 saturated carbocycles. The molecule has 0 radical (unpaired) electrons. The van der Waals surface area contributed by atoms with E-state index in [4.69, 9.17) is 11.6 Å². The third-order valence-electron chi connectivity index (χ3n) is 2.72. The smallest absolute Gasteiger partial charge is 0.243 e. The summed E-state index contributed by atoms with van der Waals surface area (Å²) < 4.78 is 0. The number of rotatable bonds is 3. The number of fused-ring (bicyclic) bond motifs is 1. The fraction of sp³-hybridized carbons (Fsp3) is 0.0714. The lowest BCUT2D eigenvalue weighted by Crippen LogP contribution is -2.04. The van der Waals surface area contributed by atoms with E-state index in [1.807, 2.05) is 48.5 Å². The number of halogens is 1. The van der Waals surface area contributed by atoms with Gasteiger partial charge in [-0.25, -0.2) is 4.98 Å². The molecule has 0 aliphatic rings. The molecule has 3 rings (SSSR count). The largest absolute Gasteiger partial charge is 0.349 e. The van der Waals surface area contributed by atoms with Crippen molar-refractivity contribution in [3.05, 3.63) is 59.1 Å². The van der Waals surface area contributed by atoms with E-state index in [2.05, 4.69) is 20.5 Å². The van der Waals surface area contributed by atoms with Gasteiger partial charge in [-0.1, -0.05) is 35.9 Å². The second-order valence-corrected chi connectivity index (χ2v) is 4.54. The maximum Gasteiger partial charge on any atom is 0.243 e. The van der Waals surface area contributed by atoms with Crippen LogP contribution in [0, 0.1) is 0 Å². The summed E-state index contributed by atoms with van der Waals surface area (Å²) in [6, 6.07) is 15.3. The average Bonchev–Trinajstić information content (AvgIpc) is 2.46. The van der Waals surface area contributed by atoms with E-state index >= 15 is 0 Å². The summed E-state index contributed by atoms with van der Waals surface area (Å²) in [6.07, 6.45) is 0. The van der Waals surface area contributed by atoms with Crippen molar-refractivity contribution in [1.29, 1.82) is 0 Å². The minimum atomic E-state index is 0.522. The van der Waals surface area contributed by atoms with E-state index in [1.165, 1.54) is 0 Å². The number of anilines is 1. The van der Waals surface area contributed by atoms with Crippen LogP contribution in [0.5, 0.6) is 0 Å². The molecular weight excluding hydrogens is 260 g/mol. The standard InChI is InChI=1S/C14H11ClN4/c15-11-7-5-10(6-8-11)9-16-14-17-12-3-1-2-4-13(12)18-19-14/h1-8H,9H2,(H,16,17,19). The summed E-state index contributed by atoms with van der Waals surface area (Å²) >= 11 is 5.84. The predicted octanol–water partition coefficient (Wildman–Crippen LogP) is 3.29. The van der Waals surface area contributed by atoms with E-state index in [9.17, 15) is 0 Å². The normalized spacial score (nSPS) is 10.6. The Bertz CT molecular complexity index is 697. The highest BCUT2D eigenvalue weighted by molar-refractivity contribution is 6.30. The molecule has 0 amide bonds. The summed E-state index contributed by atoms with van der Waals surface area (Å²) in [5.41, 5.74) is 2.73. The van der Waals surface area contributed by atoms with Gasteiger partial charge in [0.25, 0.3) is 0 Å². The average molecular weight is 271 g/mol. The van der Waals surface area contributed by atoms with Gasteiger partial charge in [-0.2, -0.15) is 0 Å². The first-order valence-electron chi connectivity index (χ1n) is 5.89. The van der Waals surface area contributed by atoms with Crippen molar-refractivity contribution in [3.63, 3.8) is 0 Å². The van der Waals surface area contributed by atoms with E-state index in [-0.39, 0.29) is 0 Å². The molecule has 2 aromatic carbocycles. The summed E-state index contributed by atoms with van der Waals surface area (Å²) in [6.45, 7) is 0.636. The van der Waals surface area contributed by atoms with Crippen molar-refractivity contribution in [2.45, 2.75) is 6.54 Å². The molecule has 19 heavy (non-hydrogen) atoms. The van der Waals surface area contributed by atoms with E-state index in [0.29, 0.717) is 12.5 Å². The highest BCUT2D eigenvalue weighted by Crippen LogP contribution is 2.12. The molecule has 1 heterocycles. The van der Waals surface area contributed by atoms with Crippen LogP contribution in [-0.4, -0.2) is 15.2 Å². The first-order chi connectivity index (χ1) is 9.31. The van der Waals surface area contributed by atoms with Gasteiger partial charge in [-0.3, -0.25) is 0 Å². The fourth-order valence-electron chi connectivity index (χ4n) is 1.74. The molecule has 0 aliphatic carbocycles. The van der Waals surface area contributed by atoms with Crippen LogP contribution in [0.2, 0.25) is 5.02 Å². The SMILES string of the molecule is Clc1ccc(CNc2nnc3ccccc3n2)cc1. The fourth-order valence-corrected chi connectivity index (χ4v) is 1.87. The van der Waals surface area contributed by atoms with Crippen LogP contribution in [0.15, 0.2) is 48.5 Å². The molecular formula is C14H11ClN4. The third-order valence-corrected chi connectivity index (χ3v) is 2.98. The molecule has 1 N–H and O–H groups in total. The van der Waals surface area contributed by atoms with Crippen LogP contribution >= 0.6 is 11.6 Å². The molecule has 0 saturated heterocycles.